The van der Waals surface area contributed by atoms with E-state index in [4.69, 9.17) is 14.5 Å². The summed E-state index contributed by atoms with van der Waals surface area (Å²) in [6.45, 7) is 0.712. The van der Waals surface area contributed by atoms with Gasteiger partial charge in [-0.15, -0.1) is 0 Å². The van der Waals surface area contributed by atoms with Crippen LogP contribution in [-0.4, -0.2) is 57.2 Å². The Labute approximate surface area is 91.0 Å². The SMILES string of the molecule is C[C@H]1O[C@H](COP(=O)(O)O)[C@@H](O)[C@H](O)[C@@H]1F. The van der Waals surface area contributed by atoms with Gasteiger partial charge in [-0.3, -0.25) is 4.52 Å². The third-order valence-corrected chi connectivity index (χ3v) is 2.79. The Bertz CT molecular complexity index is 282. The van der Waals surface area contributed by atoms with Gasteiger partial charge in [0.1, 0.15) is 18.3 Å². The minimum atomic E-state index is -4.68. The molecule has 0 aromatic rings. The molecule has 1 aliphatic rings. The number of aliphatic hydroxyl groups is 2. The van der Waals surface area contributed by atoms with Crippen molar-refractivity contribution < 1.29 is 38.2 Å². The number of hydrogen-bond acceptors (Lipinski definition) is 5. The summed E-state index contributed by atoms with van der Waals surface area (Å²) in [5.74, 6) is 0. The molecule has 4 N–H and O–H groups in total. The fourth-order valence-corrected chi connectivity index (χ4v) is 1.77. The fraction of sp³-hybridized carbons (Fsp3) is 1.00. The number of rotatable bonds is 3. The number of aliphatic hydroxyl groups excluding tert-OH is 2. The average Bonchev–Trinajstić information content (AvgIpc) is 2.17. The maximum atomic E-state index is 13.1. The molecule has 0 bridgehead atoms. The highest BCUT2D eigenvalue weighted by Crippen LogP contribution is 2.37. The third kappa shape index (κ3) is 3.46. The van der Waals surface area contributed by atoms with Gasteiger partial charge < -0.3 is 24.7 Å². The third-order valence-electron chi connectivity index (χ3n) is 2.30. The van der Waals surface area contributed by atoms with Gasteiger partial charge >= 0.3 is 7.82 Å². The van der Waals surface area contributed by atoms with Gasteiger partial charge in [0.2, 0.25) is 0 Å². The number of hydrogen-bond donors (Lipinski definition) is 4. The van der Waals surface area contributed by atoms with E-state index < -0.39 is 45.0 Å². The van der Waals surface area contributed by atoms with Crippen LogP contribution in [0.25, 0.3) is 0 Å². The Balaban J connectivity index is 2.57. The smallest absolute Gasteiger partial charge is 0.387 e. The Morgan fingerprint density at radius 3 is 2.44 bits per heavy atom. The van der Waals surface area contributed by atoms with Crippen LogP contribution in [0.2, 0.25) is 0 Å². The summed E-state index contributed by atoms with van der Waals surface area (Å²) in [5.41, 5.74) is 0. The van der Waals surface area contributed by atoms with E-state index in [1.165, 1.54) is 6.92 Å². The number of ether oxygens (including phenoxy) is 1. The summed E-state index contributed by atoms with van der Waals surface area (Å²) in [5, 5.41) is 18.6. The molecule has 0 unspecified atom stereocenters. The van der Waals surface area contributed by atoms with E-state index in [1.54, 1.807) is 0 Å². The van der Waals surface area contributed by atoms with Crippen molar-refractivity contribution in [3.05, 3.63) is 0 Å². The molecule has 0 aliphatic carbocycles. The van der Waals surface area contributed by atoms with Gasteiger partial charge in [-0.1, -0.05) is 0 Å². The number of phosphoric ester groups is 1. The van der Waals surface area contributed by atoms with Gasteiger partial charge in [0.05, 0.1) is 12.7 Å². The van der Waals surface area contributed by atoms with Crippen LogP contribution in [0.1, 0.15) is 6.92 Å². The van der Waals surface area contributed by atoms with Crippen molar-refractivity contribution in [1.29, 1.82) is 0 Å². The van der Waals surface area contributed by atoms with Crippen LogP contribution in [0.4, 0.5) is 4.39 Å². The van der Waals surface area contributed by atoms with Gasteiger partial charge in [-0.25, -0.2) is 8.96 Å². The van der Waals surface area contributed by atoms with Gasteiger partial charge in [-0.2, -0.15) is 0 Å². The lowest BCUT2D eigenvalue weighted by Gasteiger charge is -2.37. The first-order valence-corrected chi connectivity index (χ1v) is 6.11. The van der Waals surface area contributed by atoms with Gasteiger partial charge in [0.15, 0.2) is 6.17 Å². The van der Waals surface area contributed by atoms with Crippen molar-refractivity contribution in [3.8, 4) is 0 Å². The lowest BCUT2D eigenvalue weighted by Crippen LogP contribution is -2.56. The average molecular weight is 260 g/mol. The minimum absolute atomic E-state index is 0.625. The van der Waals surface area contributed by atoms with Crippen molar-refractivity contribution in [1.82, 2.24) is 0 Å². The van der Waals surface area contributed by atoms with Crippen LogP contribution in [0.15, 0.2) is 0 Å². The second-order valence-corrected chi connectivity index (χ2v) is 4.83. The second kappa shape index (κ2) is 5.05. The van der Waals surface area contributed by atoms with E-state index in [0.29, 0.717) is 0 Å². The first-order valence-electron chi connectivity index (χ1n) is 4.58. The largest absolute Gasteiger partial charge is 0.469 e. The number of phosphoric acid groups is 1. The zero-order chi connectivity index (χ0) is 12.5. The number of alkyl halides is 1. The molecule has 16 heavy (non-hydrogen) atoms. The van der Waals surface area contributed by atoms with E-state index in [1.807, 2.05) is 0 Å². The first-order chi connectivity index (χ1) is 7.22. The van der Waals surface area contributed by atoms with E-state index in [0.717, 1.165) is 0 Å². The molecule has 0 spiro atoms. The predicted octanol–water partition coefficient (Wildman–Crippen LogP) is -1.06. The molecule has 0 amide bonds. The minimum Gasteiger partial charge on any atom is -0.387 e. The van der Waals surface area contributed by atoms with Gasteiger partial charge in [-0.05, 0) is 6.92 Å². The van der Waals surface area contributed by atoms with Crippen molar-refractivity contribution in [3.63, 3.8) is 0 Å². The van der Waals surface area contributed by atoms with Crippen LogP contribution in [0.3, 0.4) is 0 Å². The molecule has 1 saturated heterocycles. The normalized spacial score (nSPS) is 41.0. The standard InChI is InChI=1S/C7H14FO7P/c1-3-5(8)7(10)6(9)4(15-3)2-14-16(11,12)13/h3-7,9-10H,2H2,1H3,(H2,11,12,13)/t3-,4-,5-,6-,7-/m1/s1. The molecule has 5 atom stereocenters. The van der Waals surface area contributed by atoms with E-state index in [2.05, 4.69) is 4.52 Å². The summed E-state index contributed by atoms with van der Waals surface area (Å²) in [7, 11) is -4.68. The van der Waals surface area contributed by atoms with Crippen LogP contribution >= 0.6 is 7.82 Å². The maximum absolute atomic E-state index is 13.1. The van der Waals surface area contributed by atoms with Crippen molar-refractivity contribution in [2.45, 2.75) is 37.5 Å². The highest BCUT2D eigenvalue weighted by molar-refractivity contribution is 7.46. The number of halogens is 1. The molecule has 0 aromatic heterocycles. The fourth-order valence-electron chi connectivity index (χ4n) is 1.43. The molecule has 1 aliphatic heterocycles. The quantitative estimate of drug-likeness (QED) is 0.478. The predicted molar refractivity (Wildman–Crippen MR) is 49.2 cm³/mol. The molecule has 9 heteroatoms. The lowest BCUT2D eigenvalue weighted by atomic mass is 9.97. The highest BCUT2D eigenvalue weighted by Gasteiger charge is 2.43. The molecule has 0 saturated carbocycles. The lowest BCUT2D eigenvalue weighted by molar-refractivity contribution is -0.206. The van der Waals surface area contributed by atoms with Crippen LogP contribution in [0.5, 0.6) is 0 Å². The maximum Gasteiger partial charge on any atom is 0.469 e. The summed E-state index contributed by atoms with van der Waals surface area (Å²) in [6.07, 6.45) is -7.15. The molecule has 1 fully saturated rings. The van der Waals surface area contributed by atoms with Crippen molar-refractivity contribution in [2.24, 2.45) is 0 Å². The zero-order valence-corrected chi connectivity index (χ0v) is 9.33. The van der Waals surface area contributed by atoms with Crippen molar-refractivity contribution in [2.75, 3.05) is 6.61 Å². The Hall–Kier alpha value is -0.0800. The zero-order valence-electron chi connectivity index (χ0n) is 8.43. The molecule has 96 valence electrons. The highest BCUT2D eigenvalue weighted by atomic mass is 31.2. The van der Waals surface area contributed by atoms with E-state index >= 15 is 0 Å². The monoisotopic (exact) mass is 260 g/mol. The van der Waals surface area contributed by atoms with Crippen molar-refractivity contribution >= 4 is 7.82 Å². The Morgan fingerprint density at radius 2 is 1.94 bits per heavy atom. The summed E-state index contributed by atoms with van der Waals surface area (Å²) < 4.78 is 32.6. The molecular formula is C7H14FO7P. The van der Waals surface area contributed by atoms with E-state index in [-0.39, 0.29) is 0 Å². The molecule has 7 nitrogen and oxygen atoms in total. The molecule has 0 radical (unpaired) electrons. The summed E-state index contributed by atoms with van der Waals surface area (Å²) >= 11 is 0. The molecule has 1 rings (SSSR count). The summed E-state index contributed by atoms with van der Waals surface area (Å²) in [6, 6.07) is 0. The van der Waals surface area contributed by atoms with Crippen LogP contribution < -0.4 is 0 Å². The Kier molecular flexibility index (Phi) is 4.42. The molecular weight excluding hydrogens is 246 g/mol. The topological polar surface area (TPSA) is 116 Å². The second-order valence-electron chi connectivity index (χ2n) is 3.59. The molecule has 1 heterocycles. The van der Waals surface area contributed by atoms with Gasteiger partial charge in [0.25, 0.3) is 0 Å². The van der Waals surface area contributed by atoms with Crippen LogP contribution in [-0.2, 0) is 13.8 Å². The Morgan fingerprint density at radius 1 is 1.38 bits per heavy atom. The summed E-state index contributed by atoms with van der Waals surface area (Å²) in [4.78, 5) is 16.9. The first kappa shape index (κ1) is 14.0. The molecule has 0 aromatic carbocycles. The van der Waals surface area contributed by atoms with Gasteiger partial charge in [0, 0.05) is 0 Å². The van der Waals surface area contributed by atoms with Crippen LogP contribution in [0, 0.1) is 0 Å². The van der Waals surface area contributed by atoms with E-state index in [9.17, 15) is 19.2 Å².